The number of nitrogen functional groups attached to an aromatic ring is 1. The topological polar surface area (TPSA) is 121 Å². The first-order valence-electron chi connectivity index (χ1n) is 4.59. The molecule has 1 aromatic rings. The van der Waals surface area contributed by atoms with Crippen molar-refractivity contribution in [3.8, 4) is 0 Å². The van der Waals surface area contributed by atoms with Gasteiger partial charge in [0.25, 0.3) is 5.69 Å². The van der Waals surface area contributed by atoms with Gasteiger partial charge >= 0.3 is 6.18 Å². The normalized spacial score (nSPS) is 13.1. The lowest BCUT2D eigenvalue weighted by atomic mass is 10.1. The molecule has 11 heteroatoms. The van der Waals surface area contributed by atoms with E-state index in [1.807, 2.05) is 0 Å². The van der Waals surface area contributed by atoms with Crippen LogP contribution in [0.5, 0.6) is 0 Å². The summed E-state index contributed by atoms with van der Waals surface area (Å²) in [6, 6.07) is 1.45. The van der Waals surface area contributed by atoms with E-state index in [0.717, 1.165) is 6.07 Å². The second-order valence-electron chi connectivity index (χ2n) is 3.47. The Morgan fingerprint density at radius 1 is 1.42 bits per heavy atom. The van der Waals surface area contributed by atoms with Gasteiger partial charge in [0, 0.05) is 17.3 Å². The van der Waals surface area contributed by atoms with Crippen LogP contribution in [-0.2, 0) is 17.7 Å². The zero-order valence-electron chi connectivity index (χ0n) is 9.06. The van der Waals surface area contributed by atoms with E-state index in [0.29, 0.717) is 6.07 Å². The van der Waals surface area contributed by atoms with Crippen molar-refractivity contribution in [1.82, 2.24) is 0 Å². The number of hydrogen-bond donors (Lipinski definition) is 2. The van der Waals surface area contributed by atoms with Crippen molar-refractivity contribution in [2.24, 2.45) is 0 Å². The fraction of sp³-hybridized carbons (Fsp3) is 0.250. The maximum atomic E-state index is 12.2. The molecule has 7 nitrogen and oxygen atoms in total. The van der Waals surface area contributed by atoms with Crippen LogP contribution in [0, 0.1) is 10.1 Å². The van der Waals surface area contributed by atoms with Gasteiger partial charge in [-0.15, -0.1) is 0 Å². The molecule has 1 unspecified atom stereocenters. The van der Waals surface area contributed by atoms with E-state index in [9.17, 15) is 32.0 Å². The number of alkyl halides is 3. The Morgan fingerprint density at radius 3 is 2.42 bits per heavy atom. The van der Waals surface area contributed by atoms with Crippen LogP contribution >= 0.6 is 0 Å². The molecule has 106 valence electrons. The van der Waals surface area contributed by atoms with Crippen LogP contribution in [0.2, 0.25) is 0 Å². The summed E-state index contributed by atoms with van der Waals surface area (Å²) in [5, 5.41) is 10.7. The third-order valence-electron chi connectivity index (χ3n) is 1.99. The number of nitro groups is 1. The Kier molecular flexibility index (Phi) is 4.32. The molecule has 0 fully saturated rings. The highest BCUT2D eigenvalue weighted by Gasteiger charge is 2.29. The largest absolute Gasteiger partial charge is 0.755 e. The van der Waals surface area contributed by atoms with Crippen LogP contribution in [0.1, 0.15) is 5.56 Å². The first-order valence-corrected chi connectivity index (χ1v) is 5.67. The summed E-state index contributed by atoms with van der Waals surface area (Å²) in [7, 11) is 0. The van der Waals surface area contributed by atoms with Gasteiger partial charge in [-0.2, -0.15) is 13.2 Å². The van der Waals surface area contributed by atoms with Crippen LogP contribution in [0.25, 0.3) is 0 Å². The van der Waals surface area contributed by atoms with E-state index < -0.39 is 51.4 Å². The summed E-state index contributed by atoms with van der Waals surface area (Å²) in [5.74, 6) is 0. The molecule has 3 N–H and O–H groups in total. The molecule has 0 radical (unpaired) electrons. The molecule has 0 aliphatic heterocycles. The summed E-state index contributed by atoms with van der Waals surface area (Å²) < 4.78 is 59.1. The molecule has 1 rings (SSSR count). The minimum absolute atomic E-state index is 0.432. The lowest BCUT2D eigenvalue weighted by Crippen LogP contribution is -2.13. The molecule has 1 aromatic carbocycles. The van der Waals surface area contributed by atoms with E-state index in [2.05, 4.69) is 0 Å². The molecule has 0 saturated heterocycles. The second kappa shape index (κ2) is 5.40. The fourth-order valence-corrected chi connectivity index (χ4v) is 1.77. The molecular formula is C8H7F3N3O4S-. The second-order valence-corrected chi connectivity index (χ2v) is 4.14. The van der Waals surface area contributed by atoms with Crippen molar-refractivity contribution in [2.45, 2.75) is 12.6 Å². The first kappa shape index (κ1) is 15.2. The summed E-state index contributed by atoms with van der Waals surface area (Å²) >= 11 is -2.89. The van der Waals surface area contributed by atoms with Crippen LogP contribution in [0.4, 0.5) is 30.2 Å². The molecular weight excluding hydrogens is 291 g/mol. The van der Waals surface area contributed by atoms with Crippen molar-refractivity contribution in [1.29, 1.82) is 0 Å². The van der Waals surface area contributed by atoms with Gasteiger partial charge in [0.05, 0.1) is 17.0 Å². The number of anilines is 2. The van der Waals surface area contributed by atoms with Crippen molar-refractivity contribution in [3.05, 3.63) is 27.8 Å². The quantitative estimate of drug-likeness (QED) is 0.377. The first-order chi connectivity index (χ1) is 8.60. The molecule has 0 spiro atoms. The maximum Gasteiger partial charge on any atom is 0.393 e. The van der Waals surface area contributed by atoms with E-state index in [1.54, 1.807) is 4.72 Å². The molecule has 19 heavy (non-hydrogen) atoms. The lowest BCUT2D eigenvalue weighted by molar-refractivity contribution is -0.383. The third kappa shape index (κ3) is 4.37. The minimum Gasteiger partial charge on any atom is -0.755 e. The summed E-state index contributed by atoms with van der Waals surface area (Å²) in [5.41, 5.74) is 3.02. The zero-order chi connectivity index (χ0) is 14.8. The number of nitrogens with zero attached hydrogens (tertiary/aromatic N) is 1. The average Bonchev–Trinajstić information content (AvgIpc) is 2.18. The van der Waals surface area contributed by atoms with Gasteiger partial charge in [0.2, 0.25) is 0 Å². The maximum absolute atomic E-state index is 12.2. The minimum atomic E-state index is -4.56. The molecule has 0 saturated carbocycles. The summed E-state index contributed by atoms with van der Waals surface area (Å²) in [4.78, 5) is 9.68. The predicted octanol–water partition coefficient (Wildman–Crippen LogP) is 1.49. The fourth-order valence-electron chi connectivity index (χ4n) is 1.38. The number of nitrogens with two attached hydrogens (primary N) is 1. The van der Waals surface area contributed by atoms with Gasteiger partial charge in [0.1, 0.15) is 5.69 Å². The number of nitro benzene ring substituents is 1. The number of halogens is 3. The molecule has 0 aliphatic rings. The van der Waals surface area contributed by atoms with Crippen molar-refractivity contribution in [2.75, 3.05) is 10.5 Å². The Balaban J connectivity index is 3.29. The Hall–Kier alpha value is -1.88. The molecule has 0 aromatic heterocycles. The highest BCUT2D eigenvalue weighted by atomic mass is 32.2. The van der Waals surface area contributed by atoms with Gasteiger partial charge in [-0.3, -0.25) is 14.3 Å². The van der Waals surface area contributed by atoms with Crippen LogP contribution in [0.3, 0.4) is 0 Å². The van der Waals surface area contributed by atoms with Gasteiger partial charge in [-0.25, -0.2) is 0 Å². The van der Waals surface area contributed by atoms with Gasteiger partial charge < -0.3 is 15.0 Å². The number of benzene rings is 1. The zero-order valence-corrected chi connectivity index (χ0v) is 9.88. The monoisotopic (exact) mass is 298 g/mol. The number of rotatable bonds is 4. The molecule has 0 heterocycles. The Morgan fingerprint density at radius 2 is 2.00 bits per heavy atom. The van der Waals surface area contributed by atoms with E-state index in [1.165, 1.54) is 0 Å². The van der Waals surface area contributed by atoms with Gasteiger partial charge in [-0.1, -0.05) is 0 Å². The Labute approximate surface area is 107 Å². The summed E-state index contributed by atoms with van der Waals surface area (Å²) in [6.07, 6.45) is -5.96. The van der Waals surface area contributed by atoms with Gasteiger partial charge in [0.15, 0.2) is 0 Å². The molecule has 0 amide bonds. The van der Waals surface area contributed by atoms with Crippen molar-refractivity contribution < 1.29 is 26.9 Å². The van der Waals surface area contributed by atoms with Crippen molar-refractivity contribution in [3.63, 3.8) is 0 Å². The third-order valence-corrected chi connectivity index (χ3v) is 2.37. The van der Waals surface area contributed by atoms with Gasteiger partial charge in [-0.05, 0) is 11.6 Å². The molecule has 0 bridgehead atoms. The lowest BCUT2D eigenvalue weighted by Gasteiger charge is -2.13. The number of hydrogen-bond acceptors (Lipinski definition) is 5. The standard InChI is InChI=1S/C8H8F3N3O4S/c9-8(10,11)3-4-1-5(12)7(13-19(17)18)6(2-4)14(15)16/h1-2,13H,3,12H2,(H,17,18)/p-1. The van der Waals surface area contributed by atoms with E-state index >= 15 is 0 Å². The SMILES string of the molecule is Nc1cc(CC(F)(F)F)cc([N+](=O)[O-])c1NS(=O)[O-]. The van der Waals surface area contributed by atoms with E-state index in [4.69, 9.17) is 5.73 Å². The van der Waals surface area contributed by atoms with Crippen molar-refractivity contribution >= 4 is 28.3 Å². The smallest absolute Gasteiger partial charge is 0.393 e. The summed E-state index contributed by atoms with van der Waals surface area (Å²) in [6.45, 7) is 0. The average molecular weight is 298 g/mol. The van der Waals surface area contributed by atoms with Crippen LogP contribution < -0.4 is 10.5 Å². The predicted molar refractivity (Wildman–Crippen MR) is 59.8 cm³/mol. The van der Waals surface area contributed by atoms with Crippen LogP contribution in [-0.4, -0.2) is 19.9 Å². The molecule has 1 atom stereocenters. The number of nitrogens with one attached hydrogen (secondary N) is 1. The highest BCUT2D eigenvalue weighted by Crippen LogP contribution is 2.34. The highest BCUT2D eigenvalue weighted by molar-refractivity contribution is 7.80. The molecule has 0 aliphatic carbocycles. The van der Waals surface area contributed by atoms with Crippen LogP contribution in [0.15, 0.2) is 12.1 Å². The van der Waals surface area contributed by atoms with E-state index in [-0.39, 0.29) is 0 Å². The Bertz CT molecular complexity index is 535.